The molecule has 0 aliphatic carbocycles. The number of methoxy groups -OCH3 is 1. The van der Waals surface area contributed by atoms with Crippen LogP contribution in [-0.2, 0) is 9.53 Å². The maximum atomic E-state index is 14.5. The summed E-state index contributed by atoms with van der Waals surface area (Å²) in [5.41, 5.74) is 1.23. The van der Waals surface area contributed by atoms with Gasteiger partial charge in [-0.3, -0.25) is 4.90 Å². The van der Waals surface area contributed by atoms with E-state index in [4.69, 9.17) is 28.6 Å². The van der Waals surface area contributed by atoms with Gasteiger partial charge in [0.05, 0.1) is 18.7 Å². The molecule has 2 aromatic carbocycles. The summed E-state index contributed by atoms with van der Waals surface area (Å²) in [6, 6.07) is 8.95. The van der Waals surface area contributed by atoms with E-state index in [1.807, 2.05) is 0 Å². The van der Waals surface area contributed by atoms with Crippen LogP contribution in [0, 0.1) is 11.6 Å². The zero-order valence-electron chi connectivity index (χ0n) is 14.4. The van der Waals surface area contributed by atoms with E-state index in [0.29, 0.717) is 11.4 Å². The summed E-state index contributed by atoms with van der Waals surface area (Å²) >= 11 is 11.6. The lowest BCUT2D eigenvalue weighted by molar-refractivity contribution is -0.136. The van der Waals surface area contributed by atoms with E-state index in [-0.39, 0.29) is 21.3 Å². The van der Waals surface area contributed by atoms with E-state index >= 15 is 0 Å². The van der Waals surface area contributed by atoms with E-state index in [1.165, 1.54) is 49.6 Å². The number of nitrogens with zero attached hydrogens (tertiary/aromatic N) is 1. The van der Waals surface area contributed by atoms with E-state index in [2.05, 4.69) is 5.32 Å². The summed E-state index contributed by atoms with van der Waals surface area (Å²) in [6.45, 7) is 1.66. The smallest absolute Gasteiger partial charge is 0.337 e. The van der Waals surface area contributed by atoms with Crippen molar-refractivity contribution in [3.8, 4) is 0 Å². The number of esters is 1. The molecule has 1 atom stereocenters. The summed E-state index contributed by atoms with van der Waals surface area (Å²) in [4.78, 5) is 14.1. The fourth-order valence-electron chi connectivity index (χ4n) is 3.02. The van der Waals surface area contributed by atoms with Gasteiger partial charge in [0.2, 0.25) is 0 Å². The molecule has 0 aromatic heterocycles. The number of hydrogen-bond acceptors (Lipinski definition) is 3. The Morgan fingerprint density at radius 3 is 2.48 bits per heavy atom. The first-order chi connectivity index (χ1) is 12.8. The van der Waals surface area contributed by atoms with Crippen LogP contribution in [0.15, 0.2) is 53.7 Å². The van der Waals surface area contributed by atoms with Crippen molar-refractivity contribution < 1.29 is 18.3 Å². The van der Waals surface area contributed by atoms with Crippen LogP contribution in [0.5, 0.6) is 0 Å². The van der Waals surface area contributed by atoms with Gasteiger partial charge in [0.15, 0.2) is 5.11 Å². The summed E-state index contributed by atoms with van der Waals surface area (Å²) in [5.74, 6) is -1.63. The summed E-state index contributed by atoms with van der Waals surface area (Å²) in [7, 11) is 1.23. The van der Waals surface area contributed by atoms with Gasteiger partial charge in [0.1, 0.15) is 11.6 Å². The van der Waals surface area contributed by atoms with Crippen LogP contribution in [-0.4, -0.2) is 18.2 Å². The van der Waals surface area contributed by atoms with Crippen molar-refractivity contribution in [2.75, 3.05) is 12.0 Å². The van der Waals surface area contributed by atoms with Crippen molar-refractivity contribution >= 4 is 40.6 Å². The van der Waals surface area contributed by atoms with Crippen molar-refractivity contribution in [3.63, 3.8) is 0 Å². The van der Waals surface area contributed by atoms with Gasteiger partial charge in [-0.25, -0.2) is 13.6 Å². The van der Waals surface area contributed by atoms with Gasteiger partial charge in [0.25, 0.3) is 0 Å². The number of benzene rings is 2. The lowest BCUT2D eigenvalue weighted by atomic mass is 9.94. The first-order valence-corrected chi connectivity index (χ1v) is 8.73. The predicted molar refractivity (Wildman–Crippen MR) is 103 cm³/mol. The minimum Gasteiger partial charge on any atom is -0.466 e. The minimum absolute atomic E-state index is 0.0972. The number of nitrogens with one attached hydrogen (secondary N) is 1. The average Bonchev–Trinajstić information content (AvgIpc) is 2.62. The van der Waals surface area contributed by atoms with Gasteiger partial charge in [-0.1, -0.05) is 17.7 Å². The molecule has 0 unspecified atom stereocenters. The third kappa shape index (κ3) is 3.52. The summed E-state index contributed by atoms with van der Waals surface area (Å²) < 4.78 is 32.7. The van der Waals surface area contributed by atoms with Crippen molar-refractivity contribution in [3.05, 3.63) is 76.0 Å². The molecule has 1 heterocycles. The average molecular weight is 409 g/mol. The predicted octanol–water partition coefficient (Wildman–Crippen LogP) is 4.50. The van der Waals surface area contributed by atoms with Gasteiger partial charge in [-0.15, -0.1) is 0 Å². The fourth-order valence-corrected chi connectivity index (χ4v) is 3.65. The summed E-state index contributed by atoms with van der Waals surface area (Å²) in [5, 5.41) is 3.32. The number of carbonyl (C=O) groups is 1. The molecule has 0 saturated heterocycles. The number of rotatable bonds is 3. The van der Waals surface area contributed by atoms with Crippen molar-refractivity contribution in [2.45, 2.75) is 13.0 Å². The molecule has 140 valence electrons. The van der Waals surface area contributed by atoms with E-state index in [1.54, 1.807) is 11.8 Å². The molecule has 0 spiro atoms. The van der Waals surface area contributed by atoms with Gasteiger partial charge < -0.3 is 10.1 Å². The van der Waals surface area contributed by atoms with E-state index in [0.717, 1.165) is 0 Å². The highest BCUT2D eigenvalue weighted by atomic mass is 35.5. The Morgan fingerprint density at radius 2 is 1.89 bits per heavy atom. The molecule has 1 aliphatic heterocycles. The molecule has 1 N–H and O–H groups in total. The SMILES string of the molecule is COC(=O)C1=C(C)N(c2ccc(F)cc2)C(=S)N[C@H]1c1c(F)cccc1Cl. The van der Waals surface area contributed by atoms with Crippen molar-refractivity contribution in [1.29, 1.82) is 0 Å². The number of thiocarbonyl (C=S) groups is 1. The molecule has 4 nitrogen and oxygen atoms in total. The highest BCUT2D eigenvalue weighted by molar-refractivity contribution is 7.80. The lowest BCUT2D eigenvalue weighted by Crippen LogP contribution is -2.48. The second kappa shape index (κ2) is 7.62. The van der Waals surface area contributed by atoms with E-state index < -0.39 is 23.6 Å². The fraction of sp³-hybridized carbons (Fsp3) is 0.158. The van der Waals surface area contributed by atoms with Crippen LogP contribution in [0.25, 0.3) is 0 Å². The third-order valence-corrected chi connectivity index (χ3v) is 4.89. The topological polar surface area (TPSA) is 41.6 Å². The molecule has 0 saturated carbocycles. The zero-order chi connectivity index (χ0) is 19.7. The standard InChI is InChI=1S/C19H15ClF2N2O2S/c1-10-15(18(25)26-2)17(16-13(20)4-3-5-14(16)22)23-19(27)24(10)12-8-6-11(21)7-9-12/h3-9,17H,1-2H3,(H,23,27)/t17-/m1/s1. The first kappa shape index (κ1) is 19.3. The minimum atomic E-state index is -0.921. The number of allylic oxidation sites excluding steroid dienone is 1. The molecular formula is C19H15ClF2N2O2S. The van der Waals surface area contributed by atoms with Crippen LogP contribution in [0.1, 0.15) is 18.5 Å². The molecule has 8 heteroatoms. The quantitative estimate of drug-likeness (QED) is 0.598. The Bertz CT molecular complexity index is 927. The molecule has 0 amide bonds. The van der Waals surface area contributed by atoms with Crippen LogP contribution >= 0.6 is 23.8 Å². The van der Waals surface area contributed by atoms with Gasteiger partial charge in [-0.05, 0) is 55.5 Å². The maximum absolute atomic E-state index is 14.5. The van der Waals surface area contributed by atoms with Crippen molar-refractivity contribution in [2.24, 2.45) is 0 Å². The molecule has 0 radical (unpaired) electrons. The van der Waals surface area contributed by atoms with Crippen LogP contribution in [0.4, 0.5) is 14.5 Å². The second-order valence-electron chi connectivity index (χ2n) is 5.82. The molecular weight excluding hydrogens is 394 g/mol. The molecule has 27 heavy (non-hydrogen) atoms. The Kier molecular flexibility index (Phi) is 5.43. The Hall–Kier alpha value is -2.51. The Morgan fingerprint density at radius 1 is 1.22 bits per heavy atom. The number of carbonyl (C=O) groups excluding carboxylic acids is 1. The number of halogens is 3. The molecule has 2 aromatic rings. The van der Waals surface area contributed by atoms with Gasteiger partial charge in [0, 0.05) is 22.0 Å². The van der Waals surface area contributed by atoms with Crippen LogP contribution in [0.3, 0.4) is 0 Å². The van der Waals surface area contributed by atoms with E-state index in [9.17, 15) is 13.6 Å². The third-order valence-electron chi connectivity index (χ3n) is 4.26. The maximum Gasteiger partial charge on any atom is 0.337 e. The van der Waals surface area contributed by atoms with Gasteiger partial charge in [-0.2, -0.15) is 0 Å². The number of anilines is 1. The number of hydrogen-bond donors (Lipinski definition) is 1. The molecule has 3 rings (SSSR count). The molecule has 1 aliphatic rings. The lowest BCUT2D eigenvalue weighted by Gasteiger charge is -2.37. The largest absolute Gasteiger partial charge is 0.466 e. The van der Waals surface area contributed by atoms with Crippen LogP contribution in [0.2, 0.25) is 5.02 Å². The van der Waals surface area contributed by atoms with Crippen LogP contribution < -0.4 is 10.2 Å². The zero-order valence-corrected chi connectivity index (χ0v) is 16.0. The van der Waals surface area contributed by atoms with Crippen molar-refractivity contribution in [1.82, 2.24) is 5.32 Å². The normalized spacial score (nSPS) is 17.0. The molecule has 0 fully saturated rings. The number of ether oxygens (including phenoxy) is 1. The highest BCUT2D eigenvalue weighted by Gasteiger charge is 2.37. The monoisotopic (exact) mass is 408 g/mol. The Labute approximate surface area is 165 Å². The first-order valence-electron chi connectivity index (χ1n) is 7.94. The summed E-state index contributed by atoms with van der Waals surface area (Å²) in [6.07, 6.45) is 0. The second-order valence-corrected chi connectivity index (χ2v) is 6.61. The van der Waals surface area contributed by atoms with Gasteiger partial charge >= 0.3 is 5.97 Å². The molecule has 0 bridgehead atoms. The Balaban J connectivity index is 2.19. The highest BCUT2D eigenvalue weighted by Crippen LogP contribution is 2.37.